The highest BCUT2D eigenvalue weighted by Gasteiger charge is 2.31. The Morgan fingerprint density at radius 2 is 2.29 bits per heavy atom. The Labute approximate surface area is 101 Å². The van der Waals surface area contributed by atoms with Crippen molar-refractivity contribution >= 4 is 5.82 Å². The van der Waals surface area contributed by atoms with Crippen LogP contribution in [0.1, 0.15) is 25.7 Å². The zero-order chi connectivity index (χ0) is 11.7. The molecule has 2 fully saturated rings. The van der Waals surface area contributed by atoms with Crippen molar-refractivity contribution in [1.82, 2.24) is 9.88 Å². The topological polar surface area (TPSA) is 28.2 Å². The van der Waals surface area contributed by atoms with E-state index in [1.807, 2.05) is 0 Å². The summed E-state index contributed by atoms with van der Waals surface area (Å²) in [6, 6.07) is 4.16. The Morgan fingerprint density at radius 3 is 3.18 bits per heavy atom. The summed E-state index contributed by atoms with van der Waals surface area (Å²) in [5, 5.41) is 3.25. The number of nitrogens with one attached hydrogen (secondary N) is 1. The molecule has 3 rings (SSSR count). The van der Waals surface area contributed by atoms with E-state index in [1.165, 1.54) is 25.5 Å². The first-order valence-corrected chi connectivity index (χ1v) is 6.44. The molecule has 1 aromatic rings. The predicted octanol–water partition coefficient (Wildman–Crippen LogP) is 2.26. The van der Waals surface area contributed by atoms with Crippen LogP contribution in [-0.4, -0.2) is 35.1 Å². The minimum Gasteiger partial charge on any atom is -0.365 e. The standard InChI is InChI=1S/C13H18FN3/c14-12-4-1-6-15-13(12)16-10-5-8-17-7-2-3-11(17)9-10/h1,4,6,10-11H,2-3,5,7-9H2,(H,15,16)/t10-,11-/m1/s1. The smallest absolute Gasteiger partial charge is 0.165 e. The lowest BCUT2D eigenvalue weighted by atomic mass is 9.97. The third-order valence-corrected chi connectivity index (χ3v) is 3.92. The van der Waals surface area contributed by atoms with E-state index in [4.69, 9.17) is 0 Å². The van der Waals surface area contributed by atoms with Crippen molar-refractivity contribution in [3.05, 3.63) is 24.1 Å². The first kappa shape index (κ1) is 11.0. The second-order valence-corrected chi connectivity index (χ2v) is 5.03. The van der Waals surface area contributed by atoms with Crippen molar-refractivity contribution in [1.29, 1.82) is 0 Å². The van der Waals surface area contributed by atoms with Gasteiger partial charge in [-0.15, -0.1) is 0 Å². The fraction of sp³-hybridized carbons (Fsp3) is 0.615. The van der Waals surface area contributed by atoms with Gasteiger partial charge in [0.05, 0.1) is 0 Å². The molecule has 2 saturated heterocycles. The van der Waals surface area contributed by atoms with Crippen molar-refractivity contribution in [2.24, 2.45) is 0 Å². The summed E-state index contributed by atoms with van der Waals surface area (Å²) in [5.74, 6) is 0.158. The molecule has 0 unspecified atom stereocenters. The molecule has 3 nitrogen and oxygen atoms in total. The van der Waals surface area contributed by atoms with E-state index < -0.39 is 0 Å². The Balaban J connectivity index is 1.64. The second kappa shape index (κ2) is 4.61. The summed E-state index contributed by atoms with van der Waals surface area (Å²) >= 11 is 0. The van der Waals surface area contributed by atoms with E-state index >= 15 is 0 Å². The van der Waals surface area contributed by atoms with Crippen molar-refractivity contribution in [3.8, 4) is 0 Å². The molecule has 0 saturated carbocycles. The quantitative estimate of drug-likeness (QED) is 0.852. The fourth-order valence-corrected chi connectivity index (χ4v) is 3.04. The Hall–Kier alpha value is -1.16. The number of halogens is 1. The summed E-state index contributed by atoms with van der Waals surface area (Å²) < 4.78 is 13.5. The van der Waals surface area contributed by atoms with Gasteiger partial charge < -0.3 is 10.2 Å². The van der Waals surface area contributed by atoms with Crippen LogP contribution >= 0.6 is 0 Å². The highest BCUT2D eigenvalue weighted by molar-refractivity contribution is 5.36. The van der Waals surface area contributed by atoms with Gasteiger partial charge in [0.25, 0.3) is 0 Å². The summed E-state index contributed by atoms with van der Waals surface area (Å²) in [4.78, 5) is 6.62. The number of anilines is 1. The molecule has 3 heterocycles. The van der Waals surface area contributed by atoms with Gasteiger partial charge in [0, 0.05) is 24.8 Å². The molecule has 0 bridgehead atoms. The third-order valence-electron chi connectivity index (χ3n) is 3.92. The molecule has 0 aromatic carbocycles. The van der Waals surface area contributed by atoms with E-state index in [2.05, 4.69) is 15.2 Å². The lowest BCUT2D eigenvalue weighted by Crippen LogP contribution is -2.42. The molecule has 92 valence electrons. The maximum atomic E-state index is 13.5. The number of pyridine rings is 1. The molecule has 2 atom stereocenters. The summed E-state index contributed by atoms with van der Waals surface area (Å²) in [5.41, 5.74) is 0. The molecule has 4 heteroatoms. The molecule has 0 aliphatic carbocycles. The summed E-state index contributed by atoms with van der Waals surface area (Å²) in [6.45, 7) is 2.38. The van der Waals surface area contributed by atoms with Crippen LogP contribution in [0, 0.1) is 5.82 Å². The van der Waals surface area contributed by atoms with Crippen molar-refractivity contribution in [2.75, 3.05) is 18.4 Å². The highest BCUT2D eigenvalue weighted by Crippen LogP contribution is 2.28. The molecule has 0 radical (unpaired) electrons. The van der Waals surface area contributed by atoms with Gasteiger partial charge in [0.15, 0.2) is 11.6 Å². The molecule has 1 N–H and O–H groups in total. The fourth-order valence-electron chi connectivity index (χ4n) is 3.04. The van der Waals surface area contributed by atoms with Crippen LogP contribution in [0.2, 0.25) is 0 Å². The van der Waals surface area contributed by atoms with Gasteiger partial charge in [-0.1, -0.05) is 0 Å². The molecular weight excluding hydrogens is 217 g/mol. The normalized spacial score (nSPS) is 29.0. The minimum atomic E-state index is -0.249. The van der Waals surface area contributed by atoms with E-state index in [1.54, 1.807) is 12.3 Å². The maximum absolute atomic E-state index is 13.5. The average molecular weight is 235 g/mol. The summed E-state index contributed by atoms with van der Waals surface area (Å²) in [6.07, 6.45) is 6.46. The molecule has 2 aliphatic rings. The van der Waals surface area contributed by atoms with Crippen LogP contribution in [0.15, 0.2) is 18.3 Å². The monoisotopic (exact) mass is 235 g/mol. The van der Waals surface area contributed by atoms with E-state index in [0.717, 1.165) is 19.4 Å². The Kier molecular flexibility index (Phi) is 2.97. The second-order valence-electron chi connectivity index (χ2n) is 5.03. The average Bonchev–Trinajstić information content (AvgIpc) is 2.79. The number of fused-ring (bicyclic) bond motifs is 1. The lowest BCUT2D eigenvalue weighted by Gasteiger charge is -2.35. The minimum absolute atomic E-state index is 0.249. The largest absolute Gasteiger partial charge is 0.365 e. The molecular formula is C13H18FN3. The number of aromatic nitrogens is 1. The Bertz CT molecular complexity index is 396. The number of nitrogens with zero attached hydrogens (tertiary/aromatic N) is 2. The molecule has 0 amide bonds. The lowest BCUT2D eigenvalue weighted by molar-refractivity contribution is 0.188. The highest BCUT2D eigenvalue weighted by atomic mass is 19.1. The first-order valence-electron chi connectivity index (χ1n) is 6.44. The van der Waals surface area contributed by atoms with Gasteiger partial charge in [0.2, 0.25) is 0 Å². The molecule has 1 aromatic heterocycles. The molecule has 0 spiro atoms. The number of piperidine rings is 1. The van der Waals surface area contributed by atoms with E-state index in [9.17, 15) is 4.39 Å². The van der Waals surface area contributed by atoms with Gasteiger partial charge in [-0.2, -0.15) is 0 Å². The van der Waals surface area contributed by atoms with E-state index in [-0.39, 0.29) is 5.82 Å². The zero-order valence-corrected chi connectivity index (χ0v) is 9.90. The third kappa shape index (κ3) is 2.27. The number of hydrogen-bond donors (Lipinski definition) is 1. The van der Waals surface area contributed by atoms with Gasteiger partial charge in [-0.3, -0.25) is 0 Å². The van der Waals surface area contributed by atoms with Crippen LogP contribution < -0.4 is 5.32 Å². The first-order chi connectivity index (χ1) is 8.33. The van der Waals surface area contributed by atoms with Crippen LogP contribution in [0.4, 0.5) is 10.2 Å². The van der Waals surface area contributed by atoms with Crippen LogP contribution in [-0.2, 0) is 0 Å². The van der Waals surface area contributed by atoms with Crippen LogP contribution in [0.3, 0.4) is 0 Å². The van der Waals surface area contributed by atoms with Crippen LogP contribution in [0.25, 0.3) is 0 Å². The van der Waals surface area contributed by atoms with Gasteiger partial charge in [0.1, 0.15) is 0 Å². The van der Waals surface area contributed by atoms with Crippen molar-refractivity contribution in [2.45, 2.75) is 37.8 Å². The number of rotatable bonds is 2. The van der Waals surface area contributed by atoms with E-state index in [0.29, 0.717) is 17.9 Å². The van der Waals surface area contributed by atoms with Gasteiger partial charge in [-0.25, -0.2) is 9.37 Å². The maximum Gasteiger partial charge on any atom is 0.165 e. The molecule has 17 heavy (non-hydrogen) atoms. The van der Waals surface area contributed by atoms with Gasteiger partial charge >= 0.3 is 0 Å². The van der Waals surface area contributed by atoms with Crippen molar-refractivity contribution < 1.29 is 4.39 Å². The van der Waals surface area contributed by atoms with Crippen molar-refractivity contribution in [3.63, 3.8) is 0 Å². The Morgan fingerprint density at radius 1 is 1.35 bits per heavy atom. The number of hydrogen-bond acceptors (Lipinski definition) is 3. The predicted molar refractivity (Wildman–Crippen MR) is 65.4 cm³/mol. The zero-order valence-electron chi connectivity index (χ0n) is 9.90. The SMILES string of the molecule is Fc1cccnc1N[C@@H]1CCN2CCC[C@@H]2C1. The molecule has 2 aliphatic heterocycles. The van der Waals surface area contributed by atoms with Crippen LogP contribution in [0.5, 0.6) is 0 Å². The summed E-state index contributed by atoms with van der Waals surface area (Å²) in [7, 11) is 0. The van der Waals surface area contributed by atoms with Gasteiger partial charge in [-0.05, 0) is 44.4 Å².